The van der Waals surface area contributed by atoms with Crippen molar-refractivity contribution in [2.24, 2.45) is 0 Å². The summed E-state index contributed by atoms with van der Waals surface area (Å²) in [6.45, 7) is 6.44. The fraction of sp³-hybridized carbons (Fsp3) is 0.207. The van der Waals surface area contributed by atoms with Gasteiger partial charge in [0.25, 0.3) is 0 Å². The molecule has 0 fully saturated rings. The summed E-state index contributed by atoms with van der Waals surface area (Å²) < 4.78 is 5.75. The number of nitriles is 1. The van der Waals surface area contributed by atoms with Gasteiger partial charge < -0.3 is 14.7 Å². The van der Waals surface area contributed by atoms with E-state index in [4.69, 9.17) is 4.74 Å². The maximum Gasteiger partial charge on any atom is 0.0975 e. The second-order valence-corrected chi connectivity index (χ2v) is 8.72. The van der Waals surface area contributed by atoms with Crippen molar-refractivity contribution in [3.63, 3.8) is 0 Å². The van der Waals surface area contributed by atoms with E-state index in [0.29, 0.717) is 12.2 Å². The van der Waals surface area contributed by atoms with Gasteiger partial charge in [-0.15, -0.1) is 0 Å². The summed E-state index contributed by atoms with van der Waals surface area (Å²) in [5.74, 6) is 0. The predicted molar refractivity (Wildman–Crippen MR) is 133 cm³/mol. The Morgan fingerprint density at radius 3 is 2.00 bits per heavy atom. The van der Waals surface area contributed by atoms with E-state index in [1.807, 2.05) is 50.3 Å². The van der Waals surface area contributed by atoms with Gasteiger partial charge in [0.15, 0.2) is 0 Å². The summed E-state index contributed by atoms with van der Waals surface area (Å²) in [6.07, 6.45) is 4.02. The topological polar surface area (TPSA) is 56.5 Å². The van der Waals surface area contributed by atoms with Crippen LogP contribution in [-0.2, 0) is 11.3 Å². The molecular formula is C29H28N2O2. The molecule has 33 heavy (non-hydrogen) atoms. The molecule has 0 atom stereocenters. The molecule has 0 saturated heterocycles. The molecular weight excluding hydrogens is 408 g/mol. The predicted octanol–water partition coefficient (Wildman–Crippen LogP) is 6.60. The maximum atomic E-state index is 9.41. The molecule has 1 N–H and O–H groups in total. The van der Waals surface area contributed by atoms with Crippen LogP contribution >= 0.6 is 0 Å². The Hall–Kier alpha value is -3.65. The van der Waals surface area contributed by atoms with Gasteiger partial charge in [-0.2, -0.15) is 5.26 Å². The van der Waals surface area contributed by atoms with E-state index in [2.05, 4.69) is 66.4 Å². The number of anilines is 3. The molecule has 0 aromatic heterocycles. The van der Waals surface area contributed by atoms with Crippen LogP contribution in [0.25, 0.3) is 6.08 Å². The summed E-state index contributed by atoms with van der Waals surface area (Å²) in [4.78, 5) is 2.19. The quantitative estimate of drug-likeness (QED) is 0.473. The van der Waals surface area contributed by atoms with Gasteiger partial charge in [-0.3, -0.25) is 0 Å². The van der Waals surface area contributed by atoms with Crippen LogP contribution < -0.4 is 4.90 Å². The van der Waals surface area contributed by atoms with Gasteiger partial charge in [0.05, 0.1) is 30.5 Å². The number of aliphatic hydroxyl groups is 1. The number of aryl methyl sites for hydroxylation is 1. The largest absolute Gasteiger partial charge is 0.392 e. The number of hydrogen-bond acceptors (Lipinski definition) is 4. The first-order chi connectivity index (χ1) is 15.9. The molecule has 4 nitrogen and oxygen atoms in total. The monoisotopic (exact) mass is 436 g/mol. The molecule has 4 heteroatoms. The van der Waals surface area contributed by atoms with Crippen molar-refractivity contribution in [1.29, 1.82) is 5.26 Å². The Morgan fingerprint density at radius 1 is 0.909 bits per heavy atom. The van der Waals surface area contributed by atoms with Gasteiger partial charge in [0.1, 0.15) is 0 Å². The van der Waals surface area contributed by atoms with Gasteiger partial charge in [-0.25, -0.2) is 0 Å². The van der Waals surface area contributed by atoms with Crippen LogP contribution in [0, 0.1) is 18.3 Å². The Kier molecular flexibility index (Phi) is 6.46. The zero-order chi connectivity index (χ0) is 23.4. The average Bonchev–Trinajstić information content (AvgIpc) is 3.13. The van der Waals surface area contributed by atoms with E-state index in [9.17, 15) is 10.4 Å². The first kappa shape index (κ1) is 22.5. The molecule has 4 rings (SSSR count). The Balaban J connectivity index is 1.66. The lowest BCUT2D eigenvalue weighted by atomic mass is 9.95. The van der Waals surface area contributed by atoms with Crippen LogP contribution in [-0.4, -0.2) is 17.3 Å². The summed E-state index contributed by atoms with van der Waals surface area (Å²) in [5, 5.41) is 18.8. The number of aliphatic hydroxyl groups excluding tert-OH is 1. The Labute approximate surface area is 195 Å². The Bertz CT molecular complexity index is 1210. The van der Waals surface area contributed by atoms with E-state index in [1.165, 1.54) is 5.56 Å². The summed E-state index contributed by atoms with van der Waals surface area (Å²) in [7, 11) is 0. The van der Waals surface area contributed by atoms with Gasteiger partial charge >= 0.3 is 0 Å². The zero-order valence-electron chi connectivity index (χ0n) is 19.2. The van der Waals surface area contributed by atoms with Crippen molar-refractivity contribution in [1.82, 2.24) is 0 Å². The fourth-order valence-corrected chi connectivity index (χ4v) is 3.97. The molecule has 0 radical (unpaired) electrons. The van der Waals surface area contributed by atoms with Crippen molar-refractivity contribution in [2.75, 3.05) is 11.5 Å². The van der Waals surface area contributed by atoms with Gasteiger partial charge in [0, 0.05) is 17.1 Å². The molecule has 0 unspecified atom stereocenters. The van der Waals surface area contributed by atoms with Crippen molar-refractivity contribution in [2.45, 2.75) is 33.0 Å². The molecule has 0 aliphatic carbocycles. The van der Waals surface area contributed by atoms with Crippen molar-refractivity contribution in [3.8, 4) is 6.07 Å². The maximum absolute atomic E-state index is 9.41. The molecule has 0 spiro atoms. The lowest BCUT2D eigenvalue weighted by Crippen LogP contribution is -2.20. The number of ether oxygens (including phenoxy) is 1. The van der Waals surface area contributed by atoms with Crippen LogP contribution in [0.2, 0.25) is 0 Å². The lowest BCUT2D eigenvalue weighted by molar-refractivity contribution is 0.0512. The molecule has 1 aliphatic heterocycles. The van der Waals surface area contributed by atoms with Crippen molar-refractivity contribution < 1.29 is 9.84 Å². The van der Waals surface area contributed by atoms with Gasteiger partial charge in [0.2, 0.25) is 0 Å². The molecule has 3 aromatic rings. The highest BCUT2D eigenvalue weighted by Crippen LogP contribution is 2.35. The molecule has 3 aromatic carbocycles. The highest BCUT2D eigenvalue weighted by atomic mass is 16.5. The fourth-order valence-electron chi connectivity index (χ4n) is 3.97. The third kappa shape index (κ3) is 4.90. The summed E-state index contributed by atoms with van der Waals surface area (Å²) in [6, 6.07) is 27.0. The van der Waals surface area contributed by atoms with E-state index >= 15 is 0 Å². The van der Waals surface area contributed by atoms with Crippen LogP contribution in [0.4, 0.5) is 17.1 Å². The normalized spacial score (nSPS) is 15.1. The van der Waals surface area contributed by atoms with Gasteiger partial charge in [-0.1, -0.05) is 54.1 Å². The second kappa shape index (κ2) is 9.46. The number of rotatable bonds is 6. The van der Waals surface area contributed by atoms with Crippen LogP contribution in [0.3, 0.4) is 0 Å². The third-order valence-electron chi connectivity index (χ3n) is 5.95. The summed E-state index contributed by atoms with van der Waals surface area (Å²) in [5.41, 5.74) is 7.42. The minimum Gasteiger partial charge on any atom is -0.392 e. The standard InChI is InChI=1S/C29H28N2O2/c1-21-4-11-25(12-5-21)31(27-15-8-23(19-32)9-16-27)26-13-6-22(7-14-26)10-17-28-24(18-30)20-33-29(28,2)3/h4-17,32H,19-20H2,1-3H3. The van der Waals surface area contributed by atoms with Crippen LogP contribution in [0.1, 0.15) is 30.5 Å². The number of nitrogens with zero attached hydrogens (tertiary/aromatic N) is 2. The molecule has 166 valence electrons. The minimum atomic E-state index is -0.454. The number of benzene rings is 3. The molecule has 0 amide bonds. The van der Waals surface area contributed by atoms with E-state index in [-0.39, 0.29) is 6.61 Å². The SMILES string of the molecule is Cc1ccc(N(c2ccc(C=CC3=C(C#N)COC3(C)C)cc2)c2ccc(CO)cc2)cc1. The lowest BCUT2D eigenvalue weighted by Gasteiger charge is -2.26. The zero-order valence-corrected chi connectivity index (χ0v) is 19.2. The third-order valence-corrected chi connectivity index (χ3v) is 5.95. The van der Waals surface area contributed by atoms with E-state index in [0.717, 1.165) is 33.8 Å². The van der Waals surface area contributed by atoms with E-state index in [1.54, 1.807) is 0 Å². The second-order valence-electron chi connectivity index (χ2n) is 8.72. The summed E-state index contributed by atoms with van der Waals surface area (Å²) >= 11 is 0. The van der Waals surface area contributed by atoms with Crippen LogP contribution in [0.15, 0.2) is 90.0 Å². The Morgan fingerprint density at radius 2 is 1.45 bits per heavy atom. The first-order valence-corrected chi connectivity index (χ1v) is 11.0. The molecule has 0 saturated carbocycles. The van der Waals surface area contributed by atoms with Gasteiger partial charge in [-0.05, 0) is 73.9 Å². The van der Waals surface area contributed by atoms with E-state index < -0.39 is 5.60 Å². The minimum absolute atomic E-state index is 0.0254. The molecule has 1 heterocycles. The average molecular weight is 437 g/mol. The molecule has 1 aliphatic rings. The highest BCUT2D eigenvalue weighted by molar-refractivity contribution is 5.77. The van der Waals surface area contributed by atoms with Crippen molar-refractivity contribution >= 4 is 23.1 Å². The van der Waals surface area contributed by atoms with Crippen molar-refractivity contribution in [3.05, 3.63) is 107 Å². The smallest absolute Gasteiger partial charge is 0.0975 e. The highest BCUT2D eigenvalue weighted by Gasteiger charge is 2.31. The first-order valence-electron chi connectivity index (χ1n) is 11.0. The molecule has 0 bridgehead atoms. The number of hydrogen-bond donors (Lipinski definition) is 1. The van der Waals surface area contributed by atoms with Crippen LogP contribution in [0.5, 0.6) is 0 Å².